The number of nitrogens with zero attached hydrogens (tertiary/aromatic N) is 3. The van der Waals surface area contributed by atoms with E-state index in [-0.39, 0.29) is 20.7 Å². The predicted molar refractivity (Wildman–Crippen MR) is 107 cm³/mol. The number of quaternary nitrogens is 1. The van der Waals surface area contributed by atoms with E-state index < -0.39 is 16.8 Å². The Morgan fingerprint density at radius 3 is 2.67 bits per heavy atom. The summed E-state index contributed by atoms with van der Waals surface area (Å²) >= 11 is 0. The molecule has 27 heavy (non-hydrogen) atoms. The van der Waals surface area contributed by atoms with Crippen molar-refractivity contribution in [3.63, 3.8) is 0 Å². The van der Waals surface area contributed by atoms with E-state index in [9.17, 15) is 13.7 Å². The molecule has 0 aliphatic carbocycles. The molecule has 1 unspecified atom stereocenters. The number of halogens is 1. The molecule has 0 spiro atoms. The maximum absolute atomic E-state index is 14.0. The fourth-order valence-electron chi connectivity index (χ4n) is 2.77. The summed E-state index contributed by atoms with van der Waals surface area (Å²) in [5, 5.41) is 19.1. The van der Waals surface area contributed by atoms with Crippen LogP contribution in [-0.2, 0) is 11.0 Å². The highest BCUT2D eigenvalue weighted by Crippen LogP contribution is 2.34. The normalized spacial score (nSPS) is 20.7. The maximum Gasteiger partial charge on any atom is 0.275 e. The molecule has 0 aromatic heterocycles. The number of allylic oxidation sites excluding steroid dienone is 1. The molecule has 1 aromatic carbocycles. The molecule has 1 aliphatic heterocycles. The van der Waals surface area contributed by atoms with Gasteiger partial charge in [-0.1, -0.05) is 0 Å². The second-order valence-corrected chi connectivity index (χ2v) is 9.65. The Hall–Kier alpha value is -2.08. The van der Waals surface area contributed by atoms with Crippen LogP contribution in [0.5, 0.6) is 0 Å². The number of rotatable bonds is 7. The molecule has 0 fully saturated rings. The van der Waals surface area contributed by atoms with Gasteiger partial charge in [-0.2, -0.15) is 10.3 Å². The maximum atomic E-state index is 14.0. The first kappa shape index (κ1) is 21.2. The van der Waals surface area contributed by atoms with Crippen molar-refractivity contribution in [1.82, 2.24) is 9.21 Å². The smallest absolute Gasteiger partial charge is 0.275 e. The summed E-state index contributed by atoms with van der Waals surface area (Å²) in [6.45, 7) is 6.34. The summed E-state index contributed by atoms with van der Waals surface area (Å²) < 4.78 is 28.8. The lowest BCUT2D eigenvalue weighted by molar-refractivity contribution is 0.386. The minimum Gasteiger partial charge on any atom is -0.489 e. The van der Waals surface area contributed by atoms with E-state index >= 15 is 0 Å². The number of hydrogen-bond donors (Lipinski definition) is 2. The van der Waals surface area contributed by atoms with Gasteiger partial charge in [0, 0.05) is 25.1 Å². The third-order valence-corrected chi connectivity index (χ3v) is 6.05. The molecule has 6 nitrogen and oxygen atoms in total. The van der Waals surface area contributed by atoms with Gasteiger partial charge in [-0.05, 0) is 39.7 Å². The first-order valence-corrected chi connectivity index (χ1v) is 9.94. The van der Waals surface area contributed by atoms with Gasteiger partial charge >= 0.3 is 0 Å². The average Bonchev–Trinajstić information content (AvgIpc) is 2.89. The number of unbranched alkanes of at least 4 members (excludes halogenated alkanes) is 1. The van der Waals surface area contributed by atoms with Gasteiger partial charge in [-0.25, -0.2) is 17.8 Å². The van der Waals surface area contributed by atoms with Crippen LogP contribution in [0.1, 0.15) is 45.6 Å². The Kier molecular flexibility index (Phi) is 6.52. The molecular formula is C19H26FN4O2S+. The molecule has 0 bridgehead atoms. The minimum atomic E-state index is -1.11. The molecule has 0 saturated heterocycles. The van der Waals surface area contributed by atoms with Gasteiger partial charge in [0.15, 0.2) is 5.70 Å². The van der Waals surface area contributed by atoms with Gasteiger partial charge in [0.2, 0.25) is 6.34 Å². The molecular weight excluding hydrogens is 367 g/mol. The molecule has 2 rings (SSSR count). The second-order valence-electron chi connectivity index (χ2n) is 7.60. The van der Waals surface area contributed by atoms with Gasteiger partial charge in [0.1, 0.15) is 17.6 Å². The van der Waals surface area contributed by atoms with Crippen molar-refractivity contribution in [3.8, 4) is 6.07 Å². The van der Waals surface area contributed by atoms with E-state index in [1.165, 1.54) is 12.1 Å². The Morgan fingerprint density at radius 2 is 2.07 bits per heavy atom. The topological polar surface area (TPSA) is 85.5 Å². The quantitative estimate of drug-likeness (QED) is 0.548. The number of aliphatic imine (C=N–C) groups is 1. The van der Waals surface area contributed by atoms with Gasteiger partial charge in [-0.15, -0.1) is 0 Å². The van der Waals surface area contributed by atoms with Gasteiger partial charge in [0.25, 0.3) is 5.88 Å². The van der Waals surface area contributed by atoms with E-state index in [2.05, 4.69) is 9.71 Å². The highest BCUT2D eigenvalue weighted by molar-refractivity contribution is 7.84. The molecule has 146 valence electrons. The Balaban J connectivity index is 2.02. The van der Waals surface area contributed by atoms with Gasteiger partial charge < -0.3 is 5.11 Å². The lowest BCUT2D eigenvalue weighted by Crippen LogP contribution is -2.41. The highest BCUT2D eigenvalue weighted by Gasteiger charge is 2.37. The van der Waals surface area contributed by atoms with Crippen LogP contribution in [-0.4, -0.2) is 34.0 Å². The van der Waals surface area contributed by atoms with Crippen LogP contribution < -0.4 is 9.21 Å². The number of benzene rings is 1. The van der Waals surface area contributed by atoms with Crippen molar-refractivity contribution in [2.45, 2.75) is 44.8 Å². The van der Waals surface area contributed by atoms with E-state index in [1.807, 2.05) is 27.8 Å². The summed E-state index contributed by atoms with van der Waals surface area (Å²) in [7, 11) is 0.707. The Morgan fingerprint density at radius 1 is 1.37 bits per heavy atom. The van der Waals surface area contributed by atoms with Crippen LogP contribution in [0.15, 0.2) is 34.8 Å². The second kappa shape index (κ2) is 8.30. The fourth-order valence-corrected chi connectivity index (χ4v) is 3.53. The van der Waals surface area contributed by atoms with Gasteiger partial charge in [-0.3, -0.25) is 0 Å². The molecule has 2 N–H and O–H groups in total. The molecule has 1 aliphatic rings. The first-order valence-electron chi connectivity index (χ1n) is 8.79. The van der Waals surface area contributed by atoms with Crippen LogP contribution in [0, 0.1) is 17.1 Å². The first-order chi connectivity index (χ1) is 12.6. The lowest BCUT2D eigenvalue weighted by Gasteiger charge is -2.27. The SMILES string of the molecule is CC(C)(C)S(=O)NCCCCC1=C(O)N=C[N@@+]1(C)c1ccc(C#N)c(F)c1. The number of aliphatic hydroxyl groups is 1. The van der Waals surface area contributed by atoms with Gasteiger partial charge in [0.05, 0.1) is 28.3 Å². The minimum absolute atomic E-state index is 0.0193. The molecule has 2 atom stereocenters. The van der Waals surface area contributed by atoms with Crippen LogP contribution in [0.25, 0.3) is 0 Å². The standard InChI is InChI=1S/C19H25FN4O2S/c1-19(2,3)27(26)23-10-6-5-7-17-18(25)22-13-24(17,4)15-9-8-14(12-21)16(20)11-15/h8-9,11,13,23H,5-7,10H2,1-4H3/p+1/t24-,27?/m0/s1. The zero-order valence-electron chi connectivity index (χ0n) is 16.1. The molecule has 1 heterocycles. The number of nitriles is 1. The predicted octanol–water partition coefficient (Wildman–Crippen LogP) is 3.63. The highest BCUT2D eigenvalue weighted by atomic mass is 32.2. The number of hydrogen-bond acceptors (Lipinski definition) is 4. The zero-order chi connectivity index (χ0) is 20.2. The van der Waals surface area contributed by atoms with Crippen LogP contribution in [0.3, 0.4) is 0 Å². The number of aliphatic hydroxyl groups excluding tert-OH is 1. The third-order valence-electron chi connectivity index (χ3n) is 4.47. The molecule has 8 heteroatoms. The van der Waals surface area contributed by atoms with E-state index in [4.69, 9.17) is 5.26 Å². The monoisotopic (exact) mass is 393 g/mol. The lowest BCUT2D eigenvalue weighted by atomic mass is 10.1. The summed E-state index contributed by atoms with van der Waals surface area (Å²) in [6.07, 6.45) is 3.65. The summed E-state index contributed by atoms with van der Waals surface area (Å²) in [6, 6.07) is 6.21. The largest absolute Gasteiger partial charge is 0.489 e. The van der Waals surface area contributed by atoms with Crippen molar-refractivity contribution < 1.29 is 13.7 Å². The van der Waals surface area contributed by atoms with Crippen LogP contribution in [0.4, 0.5) is 10.1 Å². The zero-order valence-corrected chi connectivity index (χ0v) is 16.9. The van der Waals surface area contributed by atoms with E-state index in [0.29, 0.717) is 24.4 Å². The summed E-state index contributed by atoms with van der Waals surface area (Å²) in [5.74, 6) is -0.657. The van der Waals surface area contributed by atoms with E-state index in [1.54, 1.807) is 18.5 Å². The molecule has 0 saturated carbocycles. The Labute approximate surface area is 162 Å². The van der Waals surface area contributed by atoms with Crippen molar-refractivity contribution in [2.75, 3.05) is 13.6 Å². The van der Waals surface area contributed by atoms with E-state index in [0.717, 1.165) is 12.8 Å². The third kappa shape index (κ3) is 4.80. The summed E-state index contributed by atoms with van der Waals surface area (Å²) in [5.41, 5.74) is 1.23. The Bertz CT molecular complexity index is 839. The fraction of sp³-hybridized carbons (Fsp3) is 0.474. The van der Waals surface area contributed by atoms with Crippen LogP contribution >= 0.6 is 0 Å². The number of nitrogens with one attached hydrogen (secondary N) is 1. The van der Waals surface area contributed by atoms with Crippen molar-refractivity contribution >= 4 is 23.0 Å². The van der Waals surface area contributed by atoms with Crippen LogP contribution in [0.2, 0.25) is 0 Å². The molecule has 0 radical (unpaired) electrons. The van der Waals surface area contributed by atoms with Crippen molar-refractivity contribution in [2.24, 2.45) is 4.99 Å². The summed E-state index contributed by atoms with van der Waals surface area (Å²) in [4.78, 5) is 4.01. The molecule has 1 aromatic rings. The van der Waals surface area contributed by atoms with Crippen molar-refractivity contribution in [1.29, 1.82) is 5.26 Å². The molecule has 0 amide bonds. The van der Waals surface area contributed by atoms with Crippen molar-refractivity contribution in [3.05, 3.63) is 41.2 Å². The average molecular weight is 394 g/mol.